The van der Waals surface area contributed by atoms with Crippen molar-refractivity contribution >= 4 is 21.9 Å². The van der Waals surface area contributed by atoms with Crippen LogP contribution < -0.4 is 0 Å². The number of fused-ring (bicyclic) bond motifs is 13. The van der Waals surface area contributed by atoms with E-state index >= 15 is 0 Å². The molecule has 2 aliphatic carbocycles. The fraction of sp³-hybridized carbons (Fsp3) is 0.0455. The summed E-state index contributed by atoms with van der Waals surface area (Å²) in [6, 6.07) is 55.9. The zero-order valence-corrected chi connectivity index (χ0v) is 24.8. The maximum atomic E-state index is 6.16. The number of hydrogen-bond donors (Lipinski definition) is 0. The monoisotopic (exact) mass is 572 g/mol. The summed E-state index contributed by atoms with van der Waals surface area (Å²) < 4.78 is 6.16. The number of benzene rings is 7. The molecule has 0 unspecified atom stereocenters. The third kappa shape index (κ3) is 3.17. The van der Waals surface area contributed by atoms with Crippen LogP contribution in [-0.2, 0) is 5.41 Å². The molecule has 0 N–H and O–H groups in total. The van der Waals surface area contributed by atoms with Gasteiger partial charge in [-0.05, 0) is 97.4 Å². The van der Waals surface area contributed by atoms with E-state index in [0.717, 1.165) is 11.2 Å². The van der Waals surface area contributed by atoms with Crippen molar-refractivity contribution in [2.45, 2.75) is 12.3 Å². The maximum Gasteiger partial charge on any atom is 0.135 e. The second-order valence-electron chi connectivity index (χ2n) is 12.5. The number of rotatable bonds is 2. The Morgan fingerprint density at radius 2 is 0.978 bits per heavy atom. The van der Waals surface area contributed by atoms with Crippen molar-refractivity contribution in [3.05, 3.63) is 179 Å². The molecule has 7 aromatic carbocycles. The fourth-order valence-electron chi connectivity index (χ4n) is 8.41. The van der Waals surface area contributed by atoms with Crippen molar-refractivity contribution in [2.75, 3.05) is 0 Å². The maximum absolute atomic E-state index is 6.16. The summed E-state index contributed by atoms with van der Waals surface area (Å²) in [5.74, 6) is 0. The summed E-state index contributed by atoms with van der Waals surface area (Å²) in [7, 11) is 0. The average molecular weight is 573 g/mol. The molecule has 45 heavy (non-hydrogen) atoms. The van der Waals surface area contributed by atoms with E-state index in [1.54, 1.807) is 0 Å². The first-order valence-corrected chi connectivity index (χ1v) is 15.7. The SMILES string of the molecule is Cc1cccc2oc3ccc(-c4ccc(-c5cccc6c5-c5ccccc5C65c6ccccc6-c6ccccc65)cc4)cc3c12. The molecular formula is C44H28O. The molecule has 0 saturated heterocycles. The van der Waals surface area contributed by atoms with E-state index in [2.05, 4.69) is 159 Å². The van der Waals surface area contributed by atoms with E-state index in [0.29, 0.717) is 0 Å². The highest BCUT2D eigenvalue weighted by molar-refractivity contribution is 6.08. The van der Waals surface area contributed by atoms with Crippen LogP contribution in [-0.4, -0.2) is 0 Å². The fourth-order valence-corrected chi connectivity index (χ4v) is 8.41. The highest BCUT2D eigenvalue weighted by Crippen LogP contribution is 2.63. The Bertz CT molecular complexity index is 2450. The Morgan fingerprint density at radius 1 is 0.422 bits per heavy atom. The number of aryl methyl sites for hydroxylation is 1. The zero-order valence-electron chi connectivity index (χ0n) is 24.8. The van der Waals surface area contributed by atoms with Crippen molar-refractivity contribution in [3.8, 4) is 44.5 Å². The summed E-state index contributed by atoms with van der Waals surface area (Å²) in [4.78, 5) is 0. The second-order valence-corrected chi connectivity index (χ2v) is 12.5. The van der Waals surface area contributed by atoms with E-state index in [9.17, 15) is 0 Å². The van der Waals surface area contributed by atoms with Gasteiger partial charge in [0.1, 0.15) is 11.2 Å². The van der Waals surface area contributed by atoms with Crippen molar-refractivity contribution in [2.24, 2.45) is 0 Å². The van der Waals surface area contributed by atoms with Crippen LogP contribution in [0.3, 0.4) is 0 Å². The van der Waals surface area contributed by atoms with Crippen LogP contribution in [0.4, 0.5) is 0 Å². The van der Waals surface area contributed by atoms with Gasteiger partial charge in [0.05, 0.1) is 5.41 Å². The molecule has 1 aromatic heterocycles. The molecule has 1 nitrogen and oxygen atoms in total. The Labute approximate surface area is 262 Å². The number of hydrogen-bond acceptors (Lipinski definition) is 1. The van der Waals surface area contributed by atoms with Gasteiger partial charge in [-0.15, -0.1) is 0 Å². The molecule has 10 rings (SSSR count). The molecule has 0 radical (unpaired) electrons. The van der Waals surface area contributed by atoms with Crippen molar-refractivity contribution < 1.29 is 4.42 Å². The van der Waals surface area contributed by atoms with Crippen LogP contribution >= 0.6 is 0 Å². The van der Waals surface area contributed by atoms with Gasteiger partial charge in [-0.1, -0.05) is 133 Å². The largest absolute Gasteiger partial charge is 0.456 e. The third-order valence-corrected chi connectivity index (χ3v) is 10.3. The van der Waals surface area contributed by atoms with Gasteiger partial charge in [-0.3, -0.25) is 0 Å². The van der Waals surface area contributed by atoms with Gasteiger partial charge >= 0.3 is 0 Å². The minimum absolute atomic E-state index is 0.323. The average Bonchev–Trinajstić information content (AvgIpc) is 3.73. The van der Waals surface area contributed by atoms with Gasteiger partial charge in [0, 0.05) is 10.8 Å². The van der Waals surface area contributed by atoms with Gasteiger partial charge in [0.25, 0.3) is 0 Å². The van der Waals surface area contributed by atoms with Crippen LogP contribution in [0.1, 0.15) is 27.8 Å². The molecule has 8 aromatic rings. The zero-order chi connectivity index (χ0) is 29.7. The Hall–Kier alpha value is -5.66. The summed E-state index contributed by atoms with van der Waals surface area (Å²) in [6.45, 7) is 2.15. The van der Waals surface area contributed by atoms with E-state index in [4.69, 9.17) is 4.42 Å². The summed E-state index contributed by atoms with van der Waals surface area (Å²) >= 11 is 0. The van der Waals surface area contributed by atoms with Gasteiger partial charge in [-0.25, -0.2) is 0 Å². The van der Waals surface area contributed by atoms with Crippen LogP contribution in [0.5, 0.6) is 0 Å². The lowest BCUT2D eigenvalue weighted by Gasteiger charge is -2.30. The number of furan rings is 1. The predicted molar refractivity (Wildman–Crippen MR) is 186 cm³/mol. The highest BCUT2D eigenvalue weighted by Gasteiger charge is 2.51. The van der Waals surface area contributed by atoms with E-state index in [1.165, 1.54) is 83.1 Å². The van der Waals surface area contributed by atoms with E-state index < -0.39 is 0 Å². The van der Waals surface area contributed by atoms with Crippen molar-refractivity contribution in [1.82, 2.24) is 0 Å². The van der Waals surface area contributed by atoms with Crippen LogP contribution in [0.2, 0.25) is 0 Å². The smallest absolute Gasteiger partial charge is 0.135 e. The van der Waals surface area contributed by atoms with Gasteiger partial charge < -0.3 is 4.42 Å². The molecule has 0 aliphatic heterocycles. The molecular weight excluding hydrogens is 544 g/mol. The molecule has 0 amide bonds. The van der Waals surface area contributed by atoms with Gasteiger partial charge in [0.15, 0.2) is 0 Å². The van der Waals surface area contributed by atoms with E-state index in [-0.39, 0.29) is 5.41 Å². The van der Waals surface area contributed by atoms with Gasteiger partial charge in [0.2, 0.25) is 0 Å². The first kappa shape index (κ1) is 24.7. The van der Waals surface area contributed by atoms with Crippen LogP contribution in [0, 0.1) is 6.92 Å². The third-order valence-electron chi connectivity index (χ3n) is 10.3. The topological polar surface area (TPSA) is 13.1 Å². The summed E-state index contributed by atoms with van der Waals surface area (Å²) in [6.07, 6.45) is 0. The molecule has 1 spiro atoms. The first-order valence-electron chi connectivity index (χ1n) is 15.7. The standard InChI is InChI=1S/C44H28O/c1-27-10-8-19-41-42(27)35-26-30(24-25-40(35)45-41)28-20-22-29(23-21-28)31-14-9-18-39-43(31)34-13-4-7-17-38(34)44(39)36-15-5-2-11-32(36)33-12-3-6-16-37(33)44/h2-26H,1H3. The van der Waals surface area contributed by atoms with Crippen molar-refractivity contribution in [1.29, 1.82) is 0 Å². The molecule has 0 atom stereocenters. The molecule has 0 saturated carbocycles. The predicted octanol–water partition coefficient (Wildman–Crippen LogP) is 11.6. The summed E-state index contributed by atoms with van der Waals surface area (Å²) in [5, 5.41) is 2.37. The minimum Gasteiger partial charge on any atom is -0.456 e. The lowest BCUT2D eigenvalue weighted by atomic mass is 9.70. The first-order chi connectivity index (χ1) is 22.2. The van der Waals surface area contributed by atoms with Gasteiger partial charge in [-0.2, -0.15) is 0 Å². The molecule has 210 valence electrons. The molecule has 1 heterocycles. The molecule has 2 aliphatic rings. The Balaban J connectivity index is 1.15. The minimum atomic E-state index is -0.323. The molecule has 0 bridgehead atoms. The lowest BCUT2D eigenvalue weighted by Crippen LogP contribution is -2.25. The normalized spacial score (nSPS) is 13.6. The van der Waals surface area contributed by atoms with Crippen molar-refractivity contribution in [3.63, 3.8) is 0 Å². The van der Waals surface area contributed by atoms with Crippen LogP contribution in [0.15, 0.2) is 156 Å². The van der Waals surface area contributed by atoms with E-state index in [1.807, 2.05) is 0 Å². The highest BCUT2D eigenvalue weighted by atomic mass is 16.3. The summed E-state index contributed by atoms with van der Waals surface area (Å²) in [5.41, 5.74) is 18.5. The quantitative estimate of drug-likeness (QED) is 0.201. The van der Waals surface area contributed by atoms with Crippen LogP contribution in [0.25, 0.3) is 66.4 Å². The molecule has 0 fully saturated rings. The second kappa shape index (κ2) is 8.94. The molecule has 1 heteroatoms. The Morgan fingerprint density at radius 3 is 1.71 bits per heavy atom. The lowest BCUT2D eigenvalue weighted by molar-refractivity contribution is 0.669. The Kier molecular flexibility index (Phi) is 4.91.